The molecule has 5 aromatic rings. The van der Waals surface area contributed by atoms with Crippen molar-refractivity contribution in [1.29, 1.82) is 0 Å². The summed E-state index contributed by atoms with van der Waals surface area (Å²) < 4.78 is 37.0. The van der Waals surface area contributed by atoms with E-state index in [9.17, 15) is 32.8 Å². The third kappa shape index (κ3) is 7.16. The minimum Gasteiger partial charge on any atom is -0.384 e. The zero-order valence-electron chi connectivity index (χ0n) is 32.8. The Hall–Kier alpha value is -6.60. The second-order valence-corrected chi connectivity index (χ2v) is 16.2. The first-order valence-electron chi connectivity index (χ1n) is 20.4. The summed E-state index contributed by atoms with van der Waals surface area (Å²) in [6, 6.07) is 13.5. The fourth-order valence-electron chi connectivity index (χ4n) is 9.10. The van der Waals surface area contributed by atoms with Gasteiger partial charge in [-0.15, -0.1) is 0 Å². The summed E-state index contributed by atoms with van der Waals surface area (Å²) in [7, 11) is 0. The van der Waals surface area contributed by atoms with E-state index in [1.165, 1.54) is 21.6 Å². The van der Waals surface area contributed by atoms with Gasteiger partial charge < -0.3 is 20.3 Å². The largest absolute Gasteiger partial charge is 0.384 e. The quantitative estimate of drug-likeness (QED) is 0.164. The Bertz CT molecular complexity index is 2590. The van der Waals surface area contributed by atoms with Gasteiger partial charge in [0.05, 0.1) is 53.6 Å². The molecule has 2 aromatic carbocycles. The first kappa shape index (κ1) is 38.6. The maximum atomic E-state index is 14.2. The van der Waals surface area contributed by atoms with Crippen LogP contribution in [-0.4, -0.2) is 115 Å². The zero-order chi connectivity index (χ0) is 41.9. The van der Waals surface area contributed by atoms with Crippen molar-refractivity contribution >= 4 is 52.4 Å². The number of imide groups is 2. The highest BCUT2D eigenvalue weighted by atomic mass is 19.3. The van der Waals surface area contributed by atoms with Crippen molar-refractivity contribution in [2.24, 2.45) is 5.92 Å². The summed E-state index contributed by atoms with van der Waals surface area (Å²) in [5, 5.41) is 16.6. The molecule has 314 valence electrons. The fourth-order valence-corrected chi connectivity index (χ4v) is 9.10. The number of carbonyl (C=O) groups is 5. The Morgan fingerprint density at radius 2 is 1.80 bits per heavy atom. The molecule has 1 unspecified atom stereocenters. The van der Waals surface area contributed by atoms with E-state index < -0.39 is 47.7 Å². The van der Waals surface area contributed by atoms with Gasteiger partial charge in [-0.2, -0.15) is 10.2 Å². The number of rotatable bonds is 11. The summed E-state index contributed by atoms with van der Waals surface area (Å²) in [6.07, 6.45) is 4.57. The third-order valence-corrected chi connectivity index (χ3v) is 12.4. The van der Waals surface area contributed by atoms with Crippen LogP contribution in [0.15, 0.2) is 67.1 Å². The van der Waals surface area contributed by atoms with Crippen LogP contribution in [0.5, 0.6) is 0 Å². The number of ether oxygens (including phenoxy) is 1. The average molecular weight is 834 g/mol. The second kappa shape index (κ2) is 15.5. The average Bonchev–Trinajstić information content (AvgIpc) is 4.11. The van der Waals surface area contributed by atoms with Crippen molar-refractivity contribution in [2.75, 3.05) is 48.3 Å². The topological polar surface area (TPSA) is 188 Å². The lowest BCUT2D eigenvalue weighted by molar-refractivity contribution is -0.136. The van der Waals surface area contributed by atoms with Crippen molar-refractivity contribution in [2.45, 2.75) is 63.3 Å². The molecule has 5 aliphatic rings. The van der Waals surface area contributed by atoms with Crippen LogP contribution < -0.4 is 20.9 Å². The Morgan fingerprint density at radius 1 is 0.984 bits per heavy atom. The molecule has 0 aliphatic carbocycles. The number of nitrogens with zero attached hydrogens (tertiary/aromatic N) is 8. The van der Waals surface area contributed by atoms with E-state index in [0.29, 0.717) is 55.0 Å². The van der Waals surface area contributed by atoms with Gasteiger partial charge in [0.1, 0.15) is 17.4 Å². The van der Waals surface area contributed by atoms with E-state index in [2.05, 4.69) is 35.9 Å². The molecular weight excluding hydrogens is 793 g/mol. The molecule has 2 bridgehead atoms. The smallest absolute Gasteiger partial charge is 0.284 e. The molecule has 3 aromatic heterocycles. The molecule has 19 heteroatoms. The maximum Gasteiger partial charge on any atom is 0.284 e. The monoisotopic (exact) mass is 833 g/mol. The van der Waals surface area contributed by atoms with E-state index in [1.807, 2.05) is 18.2 Å². The molecule has 0 spiro atoms. The molecular formula is C42H41F2N11O6. The van der Waals surface area contributed by atoms with E-state index >= 15 is 0 Å². The highest BCUT2D eigenvalue weighted by molar-refractivity contribution is 6.25. The van der Waals surface area contributed by atoms with Gasteiger partial charge in [-0.25, -0.2) is 23.0 Å². The summed E-state index contributed by atoms with van der Waals surface area (Å²) in [4.78, 5) is 74.5. The molecule has 3 N–H and O–H groups in total. The van der Waals surface area contributed by atoms with Crippen LogP contribution >= 0.6 is 0 Å². The number of morpholine rings is 1. The van der Waals surface area contributed by atoms with Gasteiger partial charge in [-0.05, 0) is 80.6 Å². The summed E-state index contributed by atoms with van der Waals surface area (Å²) >= 11 is 0. The number of benzene rings is 2. The lowest BCUT2D eigenvalue weighted by atomic mass is 9.96. The van der Waals surface area contributed by atoms with E-state index in [4.69, 9.17) is 9.72 Å². The number of nitrogens with one attached hydrogen (secondary N) is 3. The van der Waals surface area contributed by atoms with Crippen LogP contribution in [0, 0.1) is 5.92 Å². The van der Waals surface area contributed by atoms with Gasteiger partial charge in [-0.3, -0.25) is 39.1 Å². The zero-order valence-corrected chi connectivity index (χ0v) is 32.8. The maximum absolute atomic E-state index is 14.2. The molecule has 0 radical (unpaired) electrons. The lowest BCUT2D eigenvalue weighted by Crippen LogP contribution is -2.54. The van der Waals surface area contributed by atoms with Crippen molar-refractivity contribution < 1.29 is 37.5 Å². The Morgan fingerprint density at radius 3 is 2.54 bits per heavy atom. The van der Waals surface area contributed by atoms with Gasteiger partial charge >= 0.3 is 0 Å². The van der Waals surface area contributed by atoms with Crippen molar-refractivity contribution in [3.8, 4) is 5.69 Å². The highest BCUT2D eigenvalue weighted by Gasteiger charge is 2.46. The summed E-state index contributed by atoms with van der Waals surface area (Å²) in [5.74, 6) is -1.76. The van der Waals surface area contributed by atoms with Gasteiger partial charge in [0, 0.05) is 37.9 Å². The summed E-state index contributed by atoms with van der Waals surface area (Å²) in [5.41, 5.74) is 2.40. The molecule has 4 fully saturated rings. The Kier molecular flexibility index (Phi) is 9.78. The van der Waals surface area contributed by atoms with Crippen LogP contribution in [0.4, 0.5) is 26.0 Å². The third-order valence-electron chi connectivity index (χ3n) is 12.4. The number of piperidine rings is 2. The fraction of sp³-hybridized carbons (Fsp3) is 0.381. The molecule has 0 saturated carbocycles. The lowest BCUT2D eigenvalue weighted by Gasteiger charge is -2.32. The molecule has 4 saturated heterocycles. The number of hydrogen-bond donors (Lipinski definition) is 3. The minimum atomic E-state index is -2.94. The van der Waals surface area contributed by atoms with Gasteiger partial charge in [0.25, 0.3) is 24.1 Å². The van der Waals surface area contributed by atoms with Crippen molar-refractivity contribution in [1.82, 2.24) is 39.5 Å². The van der Waals surface area contributed by atoms with Crippen LogP contribution in [0.2, 0.25) is 0 Å². The van der Waals surface area contributed by atoms with Crippen LogP contribution in [-0.2, 0) is 20.9 Å². The predicted molar refractivity (Wildman–Crippen MR) is 215 cm³/mol. The minimum absolute atomic E-state index is 0.0563. The van der Waals surface area contributed by atoms with Crippen molar-refractivity contribution in [3.63, 3.8) is 0 Å². The number of fused-ring (bicyclic) bond motifs is 4. The normalized spacial score (nSPS) is 21.9. The van der Waals surface area contributed by atoms with Crippen LogP contribution in [0.3, 0.4) is 0 Å². The van der Waals surface area contributed by atoms with E-state index in [-0.39, 0.29) is 47.4 Å². The number of carbonyl (C=O) groups excluding carboxylic acids is 5. The molecule has 17 nitrogen and oxygen atoms in total. The van der Waals surface area contributed by atoms with Gasteiger partial charge in [0.2, 0.25) is 11.8 Å². The number of amides is 5. The SMILES string of the molecule is O=C1CCC(N2C(=O)c3cccc(NCC4CCN(Cc5ccc(-n6cc(NC(=O)c7cnn8ccc(N9C[C@H]%10C[C@@H]9CO%10)nc78)c(C(F)F)n6)cc5)CC4)c3C2=O)C(=O)N1. The van der Waals surface area contributed by atoms with Gasteiger partial charge in [0.15, 0.2) is 11.3 Å². The standard InChI is InChI=1S/C42H41F2N11O6/c43-37(44)36-31(47-39(57)29-18-46-53-15-12-33(48-38(29)53)52-20-27-16-26(52)22-61-27)21-54(50-36)25-6-4-24(5-7-25)19-51-13-10-23(11-14-51)17-45-30-3-1-2-28-35(30)42(60)55(41(28)59)32-8-9-34(56)49-40(32)58/h1-7,12,15,18,21,23,26-27,32,37,45H,8-11,13-14,16-17,19-20,22H2,(H,47,57)(H,49,56,58)/t26-,27-,32?/m1/s1. The summed E-state index contributed by atoms with van der Waals surface area (Å²) in [6.45, 7) is 4.29. The first-order chi connectivity index (χ1) is 29.6. The number of alkyl halides is 2. The highest BCUT2D eigenvalue weighted by Crippen LogP contribution is 2.35. The number of halogens is 2. The number of likely N-dealkylation sites (tertiary alicyclic amines) is 1. The second-order valence-electron chi connectivity index (χ2n) is 16.2. The Balaban J connectivity index is 0.744. The van der Waals surface area contributed by atoms with E-state index in [0.717, 1.165) is 42.8 Å². The molecule has 5 aliphatic heterocycles. The Labute approximate surface area is 347 Å². The molecule has 3 atom stereocenters. The number of aromatic nitrogens is 5. The number of hydrogen-bond acceptors (Lipinski definition) is 12. The van der Waals surface area contributed by atoms with Crippen molar-refractivity contribution in [3.05, 3.63) is 95.1 Å². The number of anilines is 3. The van der Waals surface area contributed by atoms with Crippen LogP contribution in [0.1, 0.15) is 80.9 Å². The molecule has 61 heavy (non-hydrogen) atoms. The van der Waals surface area contributed by atoms with E-state index in [1.54, 1.807) is 36.5 Å². The molecule has 5 amide bonds. The molecule has 10 rings (SSSR count). The van der Waals surface area contributed by atoms with Crippen LogP contribution in [0.25, 0.3) is 11.3 Å². The molecule has 8 heterocycles. The van der Waals surface area contributed by atoms with Gasteiger partial charge in [-0.1, -0.05) is 18.2 Å². The first-order valence-corrected chi connectivity index (χ1v) is 20.4. The predicted octanol–water partition coefficient (Wildman–Crippen LogP) is 3.81.